The van der Waals surface area contributed by atoms with Gasteiger partial charge in [0, 0.05) is 35.2 Å². The summed E-state index contributed by atoms with van der Waals surface area (Å²) < 4.78 is 41.3. The second kappa shape index (κ2) is 9.85. The lowest BCUT2D eigenvalue weighted by Gasteiger charge is -2.14. The number of nitriles is 1. The molecule has 10 heteroatoms. The van der Waals surface area contributed by atoms with Crippen LogP contribution >= 0.6 is 7.92 Å². The number of aromatic amines is 1. The molecule has 0 aliphatic carbocycles. The van der Waals surface area contributed by atoms with Gasteiger partial charge in [-0.1, -0.05) is 14.0 Å². The van der Waals surface area contributed by atoms with Crippen molar-refractivity contribution in [2.75, 3.05) is 45.8 Å². The third-order valence-electron chi connectivity index (χ3n) is 5.06. The molecule has 0 atom stereocenters. The molecule has 0 bridgehead atoms. The summed E-state index contributed by atoms with van der Waals surface area (Å²) in [6, 6.07) is 5.52. The molecule has 2 aromatic heterocycles. The molecular weight excluding hydrogens is 436 g/mol. The van der Waals surface area contributed by atoms with Gasteiger partial charge in [0.1, 0.15) is 5.56 Å². The Labute approximate surface area is 186 Å². The second-order valence-corrected chi connectivity index (χ2v) is 10.2. The molecule has 0 aliphatic heterocycles. The highest BCUT2D eigenvalue weighted by atomic mass is 31.1. The van der Waals surface area contributed by atoms with E-state index in [9.17, 15) is 18.4 Å². The number of nitrogens with zero attached hydrogens (tertiary/aromatic N) is 4. The highest BCUT2D eigenvalue weighted by Crippen LogP contribution is 2.40. The average molecular weight is 462 g/mol. The van der Waals surface area contributed by atoms with Crippen molar-refractivity contribution in [1.29, 1.82) is 5.26 Å². The largest absolute Gasteiger partial charge is 0.419 e. The van der Waals surface area contributed by atoms with Crippen molar-refractivity contribution in [3.05, 3.63) is 35.7 Å². The molecule has 0 aliphatic rings. The smallest absolute Gasteiger partial charge is 0.360 e. The lowest BCUT2D eigenvalue weighted by Crippen LogP contribution is -2.15. The van der Waals surface area contributed by atoms with Gasteiger partial charge in [-0.05, 0) is 52.9 Å². The zero-order valence-corrected chi connectivity index (χ0v) is 19.4. The number of fused-ring (bicyclic) bond motifs is 1. The molecule has 0 unspecified atom stereocenters. The van der Waals surface area contributed by atoms with Crippen molar-refractivity contribution in [2.24, 2.45) is 0 Å². The van der Waals surface area contributed by atoms with Crippen molar-refractivity contribution in [3.8, 4) is 17.3 Å². The van der Waals surface area contributed by atoms with Crippen LogP contribution in [0.4, 0.5) is 19.1 Å². The maximum Gasteiger partial charge on any atom is 0.419 e. The number of rotatable bonds is 8. The molecule has 2 N–H and O–H groups in total. The maximum absolute atomic E-state index is 13.8. The summed E-state index contributed by atoms with van der Waals surface area (Å²) in [6.07, 6.45) is -0.424. The van der Waals surface area contributed by atoms with Crippen LogP contribution in [0.25, 0.3) is 22.2 Å². The van der Waals surface area contributed by atoms with Gasteiger partial charge in [-0.3, -0.25) is 0 Å². The molecular formula is C22H26F3N6P. The summed E-state index contributed by atoms with van der Waals surface area (Å²) in [4.78, 5) is 13.3. The first-order valence-electron chi connectivity index (χ1n) is 10.2. The third kappa shape index (κ3) is 5.20. The number of nitrogens with one attached hydrogen (secondary N) is 2. The molecule has 3 rings (SSSR count). The molecule has 2 heterocycles. The Morgan fingerprint density at radius 1 is 1.22 bits per heavy atom. The number of halogens is 3. The van der Waals surface area contributed by atoms with Crippen LogP contribution < -0.4 is 10.6 Å². The number of hydrogen-bond donors (Lipinski definition) is 2. The topological polar surface area (TPSA) is 80.6 Å². The maximum atomic E-state index is 13.8. The minimum atomic E-state index is -4.60. The zero-order valence-electron chi connectivity index (χ0n) is 18.5. The van der Waals surface area contributed by atoms with Gasteiger partial charge < -0.3 is 15.2 Å². The Hall–Kier alpha value is -2.69. The highest BCUT2D eigenvalue weighted by Gasteiger charge is 2.36. The van der Waals surface area contributed by atoms with E-state index < -0.39 is 19.7 Å². The van der Waals surface area contributed by atoms with E-state index in [-0.39, 0.29) is 11.6 Å². The van der Waals surface area contributed by atoms with Crippen molar-refractivity contribution in [2.45, 2.75) is 19.0 Å². The Morgan fingerprint density at radius 2 is 1.97 bits per heavy atom. The standard InChI is InChI=1S/C22H26F3N6P/c1-31(2)10-6-5-9-27-21-29-13-17(22(23,24)25)18(30-21)16-12-28-19-15(16)8-7-14(11-26)20(19)32(3)4/h7-8,12-13,28H,5-6,9-10H2,1-4H3,(H,27,29,30). The first-order valence-corrected chi connectivity index (χ1v) is 12.4. The molecule has 32 heavy (non-hydrogen) atoms. The highest BCUT2D eigenvalue weighted by molar-refractivity contribution is 7.64. The summed E-state index contributed by atoms with van der Waals surface area (Å²) >= 11 is 0. The number of hydrogen-bond acceptors (Lipinski definition) is 5. The van der Waals surface area contributed by atoms with Crippen LogP contribution in [0.15, 0.2) is 24.5 Å². The van der Waals surface area contributed by atoms with Gasteiger partial charge in [-0.2, -0.15) is 18.4 Å². The lowest BCUT2D eigenvalue weighted by atomic mass is 10.0. The number of H-pyrrole nitrogens is 1. The van der Waals surface area contributed by atoms with E-state index in [0.29, 0.717) is 28.6 Å². The van der Waals surface area contributed by atoms with Crippen LogP contribution in [-0.4, -0.2) is 60.4 Å². The summed E-state index contributed by atoms with van der Waals surface area (Å²) in [7, 11) is 3.33. The van der Waals surface area contributed by atoms with Gasteiger partial charge in [-0.15, -0.1) is 0 Å². The molecule has 0 saturated carbocycles. The fourth-order valence-electron chi connectivity index (χ4n) is 3.57. The third-order valence-corrected chi connectivity index (χ3v) is 6.42. The fourth-order valence-corrected chi connectivity index (χ4v) is 4.81. The van der Waals surface area contributed by atoms with Gasteiger partial charge in [0.2, 0.25) is 5.95 Å². The lowest BCUT2D eigenvalue weighted by molar-refractivity contribution is -0.137. The van der Waals surface area contributed by atoms with Crippen LogP contribution in [-0.2, 0) is 6.18 Å². The predicted octanol–water partition coefficient (Wildman–Crippen LogP) is 4.64. The summed E-state index contributed by atoms with van der Waals surface area (Å²) in [5.41, 5.74) is 0.480. The zero-order chi connectivity index (χ0) is 23.5. The quantitative estimate of drug-likeness (QED) is 0.377. The Bertz CT molecular complexity index is 1130. The van der Waals surface area contributed by atoms with E-state index >= 15 is 0 Å². The SMILES string of the molecule is CN(C)CCCCNc1ncc(C(F)(F)F)c(-c2c[nH]c3c(P(C)C)c(C#N)ccc23)n1. The molecule has 1 aromatic carbocycles. The van der Waals surface area contributed by atoms with Crippen LogP contribution in [0.5, 0.6) is 0 Å². The van der Waals surface area contributed by atoms with Crippen LogP contribution in [0.2, 0.25) is 0 Å². The van der Waals surface area contributed by atoms with E-state index in [1.807, 2.05) is 27.4 Å². The Morgan fingerprint density at radius 3 is 2.59 bits per heavy atom. The predicted molar refractivity (Wildman–Crippen MR) is 124 cm³/mol. The molecule has 6 nitrogen and oxygen atoms in total. The van der Waals surface area contributed by atoms with Crippen LogP contribution in [0.1, 0.15) is 24.0 Å². The van der Waals surface area contributed by atoms with Gasteiger partial charge in [0.05, 0.1) is 22.8 Å². The normalized spacial score (nSPS) is 12.0. The van der Waals surface area contributed by atoms with Crippen LogP contribution in [0.3, 0.4) is 0 Å². The number of benzene rings is 1. The number of unbranched alkanes of at least 4 members (excludes halogenated alkanes) is 1. The minimum Gasteiger partial charge on any atom is -0.360 e. The average Bonchev–Trinajstić information content (AvgIpc) is 3.15. The summed E-state index contributed by atoms with van der Waals surface area (Å²) in [5, 5.41) is 13.9. The molecule has 0 saturated heterocycles. The van der Waals surface area contributed by atoms with Gasteiger partial charge >= 0.3 is 6.18 Å². The van der Waals surface area contributed by atoms with E-state index in [2.05, 4.69) is 31.2 Å². The van der Waals surface area contributed by atoms with Crippen molar-refractivity contribution in [3.63, 3.8) is 0 Å². The molecule has 0 amide bonds. The summed E-state index contributed by atoms with van der Waals surface area (Å²) in [6.45, 7) is 5.52. The summed E-state index contributed by atoms with van der Waals surface area (Å²) in [5.74, 6) is 0.161. The minimum absolute atomic E-state index is 0.161. The van der Waals surface area contributed by atoms with E-state index in [0.717, 1.165) is 30.9 Å². The number of anilines is 1. The molecule has 3 aromatic rings. The fraction of sp³-hybridized carbons (Fsp3) is 0.409. The van der Waals surface area contributed by atoms with Crippen molar-refractivity contribution < 1.29 is 13.2 Å². The van der Waals surface area contributed by atoms with Gasteiger partial charge in [0.25, 0.3) is 0 Å². The second-order valence-electron chi connectivity index (χ2n) is 7.98. The van der Waals surface area contributed by atoms with Gasteiger partial charge in [0.15, 0.2) is 0 Å². The molecule has 0 fully saturated rings. The first-order chi connectivity index (χ1) is 15.1. The van der Waals surface area contributed by atoms with Crippen molar-refractivity contribution >= 4 is 30.1 Å². The molecule has 0 radical (unpaired) electrons. The van der Waals surface area contributed by atoms with Gasteiger partial charge in [-0.25, -0.2) is 9.97 Å². The first kappa shape index (κ1) is 24.0. The van der Waals surface area contributed by atoms with E-state index in [1.54, 1.807) is 12.1 Å². The van der Waals surface area contributed by atoms with E-state index in [4.69, 9.17) is 0 Å². The number of aromatic nitrogens is 3. The van der Waals surface area contributed by atoms with Crippen LogP contribution in [0, 0.1) is 11.3 Å². The molecule has 170 valence electrons. The number of alkyl halides is 3. The van der Waals surface area contributed by atoms with Crippen molar-refractivity contribution in [1.82, 2.24) is 19.9 Å². The van der Waals surface area contributed by atoms with E-state index in [1.165, 1.54) is 6.20 Å². The monoisotopic (exact) mass is 462 g/mol. The Balaban J connectivity index is 2.03. The Kier molecular flexibility index (Phi) is 7.37. The molecule has 0 spiro atoms.